The molecule has 4 heterocycles. The van der Waals surface area contributed by atoms with Crippen molar-refractivity contribution in [1.82, 2.24) is 4.98 Å². The number of allylic oxidation sites excluding steroid dienone is 2. The largest absolute Gasteiger partial charge is 0.507 e. The summed E-state index contributed by atoms with van der Waals surface area (Å²) in [5, 5.41) is 49.0. The lowest BCUT2D eigenvalue weighted by Gasteiger charge is -2.35. The summed E-state index contributed by atoms with van der Waals surface area (Å²) in [6.45, 7) is 12.1. The number of benzene rings is 3. The second kappa shape index (κ2) is 17.4. The molecule has 3 aliphatic rings. The number of hydrogen-bond acceptors (Lipinski definition) is 16. The lowest BCUT2D eigenvalue weighted by Crippen LogP contribution is -2.43. The number of methoxy groups -OCH3 is 1. The van der Waals surface area contributed by atoms with E-state index in [1.54, 1.807) is 32.9 Å². The van der Waals surface area contributed by atoms with E-state index in [-0.39, 0.29) is 67.2 Å². The van der Waals surface area contributed by atoms with Gasteiger partial charge in [0, 0.05) is 94.9 Å². The molecule has 3 aliphatic heterocycles. The number of phenols is 1. The van der Waals surface area contributed by atoms with Gasteiger partial charge in [0.1, 0.15) is 34.5 Å². The Kier molecular flexibility index (Phi) is 12.5. The monoisotopic (exact) mass is 884 g/mol. The van der Waals surface area contributed by atoms with Crippen LogP contribution >= 0.6 is 0 Å². The maximum atomic E-state index is 14.9. The normalized spacial score (nSPS) is 28.9. The Morgan fingerprint density at radius 2 is 1.67 bits per heavy atom. The molecule has 17 heteroatoms. The Balaban J connectivity index is 1.52. The number of aromatic nitrogens is 1. The van der Waals surface area contributed by atoms with E-state index in [2.05, 4.69) is 5.32 Å². The summed E-state index contributed by atoms with van der Waals surface area (Å²) in [7, 11) is 5.14. The van der Waals surface area contributed by atoms with Crippen molar-refractivity contribution in [3.63, 3.8) is 0 Å². The van der Waals surface area contributed by atoms with E-state index >= 15 is 0 Å². The fraction of sp³-hybridized carbons (Fsp3) is 0.468. The van der Waals surface area contributed by atoms with Crippen molar-refractivity contribution >= 4 is 67.7 Å². The predicted octanol–water partition coefficient (Wildman–Crippen LogP) is 4.59. The molecule has 8 atom stereocenters. The Morgan fingerprint density at radius 1 is 0.969 bits per heavy atom. The van der Waals surface area contributed by atoms with Gasteiger partial charge in [0.25, 0.3) is 5.91 Å². The van der Waals surface area contributed by atoms with Gasteiger partial charge in [-0.05, 0) is 26.3 Å². The fourth-order valence-electron chi connectivity index (χ4n) is 8.91. The molecule has 17 nitrogen and oxygen atoms in total. The third-order valence-electron chi connectivity index (χ3n) is 12.9. The van der Waals surface area contributed by atoms with Crippen molar-refractivity contribution in [1.29, 1.82) is 0 Å². The zero-order chi connectivity index (χ0) is 46.7. The molecule has 1 amide bonds. The topological polar surface area (TPSA) is 231 Å². The number of aromatic hydroxyl groups is 1. The molecule has 4 aromatic rings. The lowest BCUT2D eigenvalue weighted by molar-refractivity contribution is -0.155. The van der Waals surface area contributed by atoms with Crippen molar-refractivity contribution in [2.45, 2.75) is 91.5 Å². The highest BCUT2D eigenvalue weighted by molar-refractivity contribution is 6.17. The van der Waals surface area contributed by atoms with E-state index in [0.29, 0.717) is 24.5 Å². The first kappa shape index (κ1) is 45.8. The van der Waals surface area contributed by atoms with Crippen LogP contribution in [0.5, 0.6) is 11.5 Å². The number of nitrogens with one attached hydrogen (secondary N) is 1. The number of nitrogens with zero attached hydrogens (tertiary/aromatic N) is 3. The summed E-state index contributed by atoms with van der Waals surface area (Å²) in [5.41, 5.74) is -0.840. The number of phenolic OH excluding ortho intramolecular Hbond substituents is 1. The SMILES string of the molecule is CO[C@H]1/C=C/O[C@@]2(C)Oc3c(C)c(O)c4c(=O)c(c5oc6c7c(cc(=O)c6nc5c4c3=C2O)N(C)CCCN7C)NC(=O)/C(C)=C\C=C\[C@H](C)[C@H](O)[C@@H](C)[C@@H](O)[C@@H](C)[C@H](OC(C)=O)C1. The molecule has 0 aliphatic carbocycles. The lowest BCUT2D eigenvalue weighted by atomic mass is 9.81. The third kappa shape index (κ3) is 7.89. The molecule has 64 heavy (non-hydrogen) atoms. The van der Waals surface area contributed by atoms with Crippen LogP contribution in [0.2, 0.25) is 0 Å². The van der Waals surface area contributed by atoms with Crippen LogP contribution in [0.4, 0.5) is 17.1 Å². The number of esters is 1. The van der Waals surface area contributed by atoms with E-state index in [1.807, 2.05) is 23.9 Å². The maximum Gasteiger partial charge on any atom is 0.307 e. The number of amides is 1. The van der Waals surface area contributed by atoms with Crippen molar-refractivity contribution < 1.29 is 53.4 Å². The van der Waals surface area contributed by atoms with Gasteiger partial charge in [0.2, 0.25) is 10.9 Å². The average molecular weight is 885 g/mol. The highest BCUT2D eigenvalue weighted by Crippen LogP contribution is 2.44. The summed E-state index contributed by atoms with van der Waals surface area (Å²) in [6, 6.07) is 1.46. The minimum Gasteiger partial charge on any atom is -0.507 e. The van der Waals surface area contributed by atoms with Crippen molar-refractivity contribution in [2.75, 3.05) is 49.4 Å². The molecule has 0 spiro atoms. The van der Waals surface area contributed by atoms with E-state index in [1.165, 1.54) is 59.3 Å². The molecule has 342 valence electrons. The number of aliphatic hydroxyl groups is 3. The number of carbonyl (C=O) groups excluding carboxylic acids is 2. The summed E-state index contributed by atoms with van der Waals surface area (Å²) in [4.78, 5) is 63.9. The Bertz CT molecular complexity index is 2840. The first-order valence-electron chi connectivity index (χ1n) is 21.3. The van der Waals surface area contributed by atoms with Crippen LogP contribution in [0.15, 0.2) is 56.2 Å². The number of hydrogen-bond donors (Lipinski definition) is 5. The van der Waals surface area contributed by atoms with Crippen molar-refractivity contribution in [3.05, 3.63) is 73.4 Å². The van der Waals surface area contributed by atoms with Gasteiger partial charge >= 0.3 is 11.8 Å². The van der Waals surface area contributed by atoms with Gasteiger partial charge in [-0.15, -0.1) is 0 Å². The van der Waals surface area contributed by atoms with E-state index < -0.39 is 82.2 Å². The highest BCUT2D eigenvalue weighted by atomic mass is 16.7. The maximum absolute atomic E-state index is 14.9. The van der Waals surface area contributed by atoms with Gasteiger partial charge in [0.15, 0.2) is 22.4 Å². The quantitative estimate of drug-likeness (QED) is 0.105. The molecule has 3 aromatic carbocycles. The Morgan fingerprint density at radius 3 is 2.36 bits per heavy atom. The standard InChI is InChI=1S/C47H56N4O13/c1-21-13-11-14-22(2)46(59)49-36-41(57)32-31(35-43(36)63-44-34(48-35)29(53)20-28-37(44)51(9)17-12-16-50(28)8)33-42(25(5)40(32)56)64-47(7,45(33)58)61-18-15-27(60-10)19-30(62-26(6)52)23(3)39(55)24(4)38(21)54/h11,13-15,18,20-21,23-24,27,30,38-39,54-56,58H,12,16-17,19H2,1-10H3,(H,49,59)/b13-11+,18-15+,22-14-/t21-,23-,24+,27-,30+,38-,39-,47-/m0/s1. The molecular weight excluding hydrogens is 829 g/mol. The zero-order valence-corrected chi connectivity index (χ0v) is 37.6. The number of anilines is 3. The Labute approximate surface area is 368 Å². The van der Waals surface area contributed by atoms with Gasteiger partial charge in [-0.2, -0.15) is 0 Å². The van der Waals surface area contributed by atoms with Crippen LogP contribution in [0.25, 0.3) is 38.7 Å². The van der Waals surface area contributed by atoms with Gasteiger partial charge in [-0.25, -0.2) is 4.98 Å². The Hall–Kier alpha value is -6.17. The van der Waals surface area contributed by atoms with Crippen LogP contribution < -0.4 is 35.9 Å². The average Bonchev–Trinajstić information content (AvgIpc) is 3.43. The van der Waals surface area contributed by atoms with Gasteiger partial charge in [-0.3, -0.25) is 19.2 Å². The number of fused-ring (bicyclic) bond motifs is 4. The summed E-state index contributed by atoms with van der Waals surface area (Å²) in [6.07, 6.45) is 4.44. The minimum absolute atomic E-state index is 0.0499. The molecule has 0 unspecified atom stereocenters. The van der Waals surface area contributed by atoms with Crippen molar-refractivity contribution in [3.8, 4) is 11.5 Å². The smallest absolute Gasteiger partial charge is 0.307 e. The molecule has 7 rings (SSSR count). The van der Waals surface area contributed by atoms with Crippen LogP contribution in [-0.2, 0) is 23.8 Å². The second-order valence-electron chi connectivity index (χ2n) is 17.4. The van der Waals surface area contributed by atoms with Gasteiger partial charge in [-0.1, -0.05) is 39.0 Å². The molecule has 4 bridgehead atoms. The molecule has 0 saturated carbocycles. The van der Waals surface area contributed by atoms with E-state index in [0.717, 1.165) is 6.42 Å². The van der Waals surface area contributed by atoms with Crippen LogP contribution in [0, 0.1) is 24.7 Å². The van der Waals surface area contributed by atoms with Crippen LogP contribution in [0.3, 0.4) is 0 Å². The number of rotatable bonds is 2. The van der Waals surface area contributed by atoms with Gasteiger partial charge < -0.3 is 58.9 Å². The molecule has 0 saturated heterocycles. The van der Waals surface area contributed by atoms with Crippen LogP contribution in [0.1, 0.15) is 59.9 Å². The predicted molar refractivity (Wildman–Crippen MR) is 242 cm³/mol. The van der Waals surface area contributed by atoms with Crippen LogP contribution in [-0.4, -0.2) is 102 Å². The molecular formula is C47H56N4O13. The summed E-state index contributed by atoms with van der Waals surface area (Å²) >= 11 is 0. The summed E-state index contributed by atoms with van der Waals surface area (Å²) in [5.74, 6) is -6.29. The first-order valence-corrected chi connectivity index (χ1v) is 21.3. The minimum atomic E-state index is -1.97. The molecule has 5 N–H and O–H groups in total. The zero-order valence-electron chi connectivity index (χ0n) is 37.6. The van der Waals surface area contributed by atoms with E-state index in [4.69, 9.17) is 28.3 Å². The second-order valence-corrected chi connectivity index (χ2v) is 17.4. The van der Waals surface area contributed by atoms with Gasteiger partial charge in [0.05, 0.1) is 40.9 Å². The fourth-order valence-corrected chi connectivity index (χ4v) is 8.91. The first-order chi connectivity index (χ1) is 30.2. The highest BCUT2D eigenvalue weighted by Gasteiger charge is 2.44. The number of carbonyl (C=O) groups is 2. The molecule has 0 radical (unpaired) electrons. The third-order valence-corrected chi connectivity index (χ3v) is 12.9. The van der Waals surface area contributed by atoms with E-state index in [9.17, 15) is 39.6 Å². The van der Waals surface area contributed by atoms with Crippen molar-refractivity contribution in [2.24, 2.45) is 17.8 Å². The molecule has 1 aromatic heterocycles. The summed E-state index contributed by atoms with van der Waals surface area (Å²) < 4.78 is 30.4. The number of ether oxygens (including phenoxy) is 4. The molecule has 0 fully saturated rings. The number of aliphatic hydroxyl groups excluding tert-OH is 3.